The molecular formula is C11H14ClP. The van der Waals surface area contributed by atoms with Gasteiger partial charge in [0.1, 0.15) is 0 Å². The van der Waals surface area contributed by atoms with Gasteiger partial charge in [0.25, 0.3) is 0 Å². The molecule has 1 saturated carbocycles. The van der Waals surface area contributed by atoms with Crippen molar-refractivity contribution in [2.24, 2.45) is 0 Å². The zero-order valence-electron chi connectivity index (χ0n) is 7.62. The molecule has 1 unspecified atom stereocenters. The highest BCUT2D eigenvalue weighted by molar-refractivity contribution is 7.83. The average Bonchev–Trinajstić information content (AvgIpc) is 2.02. The lowest BCUT2D eigenvalue weighted by Crippen LogP contribution is -2.14. The van der Waals surface area contributed by atoms with Crippen LogP contribution in [0.1, 0.15) is 24.8 Å². The molecule has 1 fully saturated rings. The van der Waals surface area contributed by atoms with E-state index in [4.69, 9.17) is 11.2 Å². The van der Waals surface area contributed by atoms with Gasteiger partial charge in [-0.15, -0.1) is 0 Å². The number of halogens is 1. The van der Waals surface area contributed by atoms with Crippen molar-refractivity contribution in [1.82, 2.24) is 0 Å². The van der Waals surface area contributed by atoms with Gasteiger partial charge in [0, 0.05) is 6.16 Å². The Kier molecular flexibility index (Phi) is 3.24. The van der Waals surface area contributed by atoms with Crippen molar-refractivity contribution in [3.05, 3.63) is 35.9 Å². The highest BCUT2D eigenvalue weighted by Crippen LogP contribution is 2.56. The van der Waals surface area contributed by atoms with Crippen molar-refractivity contribution in [3.8, 4) is 0 Å². The van der Waals surface area contributed by atoms with E-state index in [9.17, 15) is 0 Å². The van der Waals surface area contributed by atoms with Crippen molar-refractivity contribution in [3.63, 3.8) is 0 Å². The van der Waals surface area contributed by atoms with Crippen LogP contribution in [0, 0.1) is 0 Å². The van der Waals surface area contributed by atoms with Crippen LogP contribution in [-0.2, 0) is 6.16 Å². The Labute approximate surface area is 85.8 Å². The van der Waals surface area contributed by atoms with Crippen LogP contribution in [0.2, 0.25) is 0 Å². The van der Waals surface area contributed by atoms with Gasteiger partial charge in [-0.2, -0.15) is 0 Å². The molecule has 0 aliphatic heterocycles. The lowest BCUT2D eigenvalue weighted by molar-refractivity contribution is 0.516. The summed E-state index contributed by atoms with van der Waals surface area (Å²) >= 11 is 6.38. The minimum atomic E-state index is -0.259. The molecule has 0 amide bonds. The number of hydrogen-bond acceptors (Lipinski definition) is 0. The zero-order valence-corrected chi connectivity index (χ0v) is 9.27. The first-order valence-electron chi connectivity index (χ1n) is 4.82. The third-order valence-electron chi connectivity index (χ3n) is 2.65. The maximum atomic E-state index is 6.38. The molecule has 0 N–H and O–H groups in total. The quantitative estimate of drug-likeness (QED) is 0.653. The molecular weight excluding hydrogens is 199 g/mol. The van der Waals surface area contributed by atoms with Gasteiger partial charge in [-0.3, -0.25) is 0 Å². The Hall–Kier alpha value is -0.0600. The Balaban J connectivity index is 1.90. The van der Waals surface area contributed by atoms with Gasteiger partial charge in [0.2, 0.25) is 0 Å². The van der Waals surface area contributed by atoms with Crippen molar-refractivity contribution in [2.45, 2.75) is 31.1 Å². The van der Waals surface area contributed by atoms with Gasteiger partial charge < -0.3 is 0 Å². The van der Waals surface area contributed by atoms with Gasteiger partial charge in [0.15, 0.2) is 0 Å². The molecule has 0 heterocycles. The summed E-state index contributed by atoms with van der Waals surface area (Å²) < 4.78 is 0. The summed E-state index contributed by atoms with van der Waals surface area (Å²) in [7, 11) is -0.259. The maximum absolute atomic E-state index is 6.38. The molecule has 0 saturated heterocycles. The Morgan fingerprint density at radius 1 is 1.23 bits per heavy atom. The van der Waals surface area contributed by atoms with Crippen molar-refractivity contribution < 1.29 is 0 Å². The van der Waals surface area contributed by atoms with Gasteiger partial charge in [-0.05, 0) is 31.3 Å². The van der Waals surface area contributed by atoms with Crippen molar-refractivity contribution >= 4 is 18.5 Å². The van der Waals surface area contributed by atoms with E-state index in [1.54, 1.807) is 0 Å². The van der Waals surface area contributed by atoms with Gasteiger partial charge >= 0.3 is 0 Å². The Morgan fingerprint density at radius 2 is 1.92 bits per heavy atom. The third kappa shape index (κ3) is 2.45. The van der Waals surface area contributed by atoms with Crippen molar-refractivity contribution in [1.29, 1.82) is 0 Å². The normalized spacial score (nSPS) is 19.5. The molecule has 0 spiro atoms. The number of hydrogen-bond donors (Lipinski definition) is 0. The average molecular weight is 213 g/mol. The SMILES string of the molecule is ClP(Cc1ccccc1)C1CCC1. The molecule has 1 aliphatic rings. The van der Waals surface area contributed by atoms with Crippen LogP contribution < -0.4 is 0 Å². The van der Waals surface area contributed by atoms with Gasteiger partial charge in [-0.1, -0.05) is 48.0 Å². The summed E-state index contributed by atoms with van der Waals surface area (Å²) in [6.07, 6.45) is 5.22. The molecule has 1 aromatic rings. The summed E-state index contributed by atoms with van der Waals surface area (Å²) in [4.78, 5) is 0. The molecule has 0 aromatic heterocycles. The summed E-state index contributed by atoms with van der Waals surface area (Å²) in [6.45, 7) is 0. The van der Waals surface area contributed by atoms with Crippen LogP contribution in [-0.4, -0.2) is 5.66 Å². The van der Waals surface area contributed by atoms with Crippen molar-refractivity contribution in [2.75, 3.05) is 0 Å². The summed E-state index contributed by atoms with van der Waals surface area (Å²) in [5.41, 5.74) is 2.24. The van der Waals surface area contributed by atoms with Crippen LogP contribution in [0.3, 0.4) is 0 Å². The van der Waals surface area contributed by atoms with E-state index in [1.165, 1.54) is 24.8 Å². The van der Waals surface area contributed by atoms with Crippen LogP contribution in [0.5, 0.6) is 0 Å². The molecule has 0 bridgehead atoms. The third-order valence-corrected chi connectivity index (χ3v) is 5.81. The molecule has 70 valence electrons. The van der Waals surface area contributed by atoms with E-state index in [2.05, 4.69) is 30.3 Å². The molecule has 2 rings (SSSR count). The highest BCUT2D eigenvalue weighted by Gasteiger charge is 2.25. The number of rotatable bonds is 3. The van der Waals surface area contributed by atoms with E-state index < -0.39 is 0 Å². The molecule has 13 heavy (non-hydrogen) atoms. The summed E-state index contributed by atoms with van der Waals surface area (Å²) in [5, 5.41) is 0. The van der Waals surface area contributed by atoms with E-state index in [1.807, 2.05) is 0 Å². The second kappa shape index (κ2) is 4.44. The zero-order chi connectivity index (χ0) is 9.10. The van der Waals surface area contributed by atoms with Crippen LogP contribution in [0.25, 0.3) is 0 Å². The van der Waals surface area contributed by atoms with E-state index in [0.717, 1.165) is 11.8 Å². The standard InChI is InChI=1S/C11H14ClP/c12-13(11-7-4-8-11)9-10-5-2-1-3-6-10/h1-3,5-6,11H,4,7-9H2. The molecule has 0 radical (unpaired) electrons. The predicted molar refractivity (Wildman–Crippen MR) is 60.6 cm³/mol. The number of benzene rings is 1. The first-order valence-corrected chi connectivity index (χ1v) is 7.33. The van der Waals surface area contributed by atoms with Crippen LogP contribution in [0.15, 0.2) is 30.3 Å². The fraction of sp³-hybridized carbons (Fsp3) is 0.455. The Bertz CT molecular complexity index is 256. The molecule has 2 heteroatoms. The smallest absolute Gasteiger partial charge is 0.00684 e. The Morgan fingerprint density at radius 3 is 2.46 bits per heavy atom. The lowest BCUT2D eigenvalue weighted by Gasteiger charge is -2.29. The predicted octanol–water partition coefficient (Wildman–Crippen LogP) is 4.37. The highest BCUT2D eigenvalue weighted by atomic mass is 35.7. The first-order chi connectivity index (χ1) is 6.36. The minimum Gasteiger partial charge on any atom is -0.0958 e. The van der Waals surface area contributed by atoms with Gasteiger partial charge in [0.05, 0.1) is 0 Å². The van der Waals surface area contributed by atoms with E-state index in [-0.39, 0.29) is 7.27 Å². The van der Waals surface area contributed by atoms with E-state index >= 15 is 0 Å². The molecule has 0 nitrogen and oxygen atoms in total. The topological polar surface area (TPSA) is 0 Å². The lowest BCUT2D eigenvalue weighted by atomic mass is 10.00. The fourth-order valence-corrected chi connectivity index (χ4v) is 4.30. The molecule has 1 atom stereocenters. The summed E-state index contributed by atoms with van der Waals surface area (Å²) in [5.74, 6) is 0. The van der Waals surface area contributed by atoms with Gasteiger partial charge in [-0.25, -0.2) is 0 Å². The monoisotopic (exact) mass is 212 g/mol. The van der Waals surface area contributed by atoms with Crippen LogP contribution >= 0.6 is 18.5 Å². The minimum absolute atomic E-state index is 0.259. The van der Waals surface area contributed by atoms with Crippen LogP contribution in [0.4, 0.5) is 0 Å². The molecule has 1 aromatic carbocycles. The van der Waals surface area contributed by atoms with E-state index in [0.29, 0.717) is 0 Å². The first kappa shape index (κ1) is 9.49. The second-order valence-electron chi connectivity index (χ2n) is 3.63. The largest absolute Gasteiger partial charge is 0.0958 e. The second-order valence-corrected chi connectivity index (χ2v) is 6.78. The fourth-order valence-electron chi connectivity index (χ4n) is 1.55. The summed E-state index contributed by atoms with van der Waals surface area (Å²) in [6, 6.07) is 10.6. The molecule has 1 aliphatic carbocycles. The maximum Gasteiger partial charge on any atom is 0.00684 e.